The Hall–Kier alpha value is -2.30. The fraction of sp³-hybridized carbons (Fsp3) is 0.524. The Kier molecular flexibility index (Phi) is 6.69. The molecule has 1 aromatic heterocycles. The molecule has 5 nitrogen and oxygen atoms in total. The summed E-state index contributed by atoms with van der Waals surface area (Å²) < 4.78 is 1.98. The quantitative estimate of drug-likeness (QED) is 0.492. The van der Waals surface area contributed by atoms with Gasteiger partial charge >= 0.3 is 0 Å². The molecule has 0 aliphatic carbocycles. The Bertz CT molecular complexity index is 665. The second-order valence-electron chi connectivity index (χ2n) is 7.02. The molecule has 26 heavy (non-hydrogen) atoms. The predicted octanol–water partition coefficient (Wildman–Crippen LogP) is 3.36. The zero-order chi connectivity index (χ0) is 18.2. The third-order valence-corrected chi connectivity index (χ3v) is 5.40. The maximum atomic E-state index is 4.52. The summed E-state index contributed by atoms with van der Waals surface area (Å²) in [6.07, 6.45) is 7.27. The molecule has 1 aliphatic rings. The van der Waals surface area contributed by atoms with Crippen molar-refractivity contribution in [2.24, 2.45) is 10.9 Å². The molecule has 0 spiro atoms. The number of likely N-dealkylation sites (tertiary alicyclic amines) is 1. The fourth-order valence-electron chi connectivity index (χ4n) is 3.98. The van der Waals surface area contributed by atoms with Crippen LogP contribution >= 0.6 is 0 Å². The van der Waals surface area contributed by atoms with Gasteiger partial charge in [-0.2, -0.15) is 5.10 Å². The van der Waals surface area contributed by atoms with E-state index in [-0.39, 0.29) is 0 Å². The summed E-state index contributed by atoms with van der Waals surface area (Å²) in [7, 11) is 1.89. The van der Waals surface area contributed by atoms with Gasteiger partial charge in [0.15, 0.2) is 5.96 Å². The molecule has 1 N–H and O–H groups in total. The van der Waals surface area contributed by atoms with Gasteiger partial charge in [0.25, 0.3) is 0 Å². The standard InChI is InChI=1S/C21H31N5/c1-3-18-17-25(16-11-20(18)19-9-5-4-6-10-19)21(22-2)23-12-7-14-26-15-8-13-24-26/h4-6,8-10,13,15,18,20H,3,7,11-12,14,16-17H2,1-2H3,(H,22,23). The first-order valence-corrected chi connectivity index (χ1v) is 9.79. The Labute approximate surface area is 157 Å². The van der Waals surface area contributed by atoms with Crippen LogP contribution in [0.25, 0.3) is 0 Å². The smallest absolute Gasteiger partial charge is 0.193 e. The number of aromatic nitrogens is 2. The summed E-state index contributed by atoms with van der Waals surface area (Å²) in [5.41, 5.74) is 1.49. The largest absolute Gasteiger partial charge is 0.356 e. The number of aryl methyl sites for hydroxylation is 1. The van der Waals surface area contributed by atoms with E-state index in [2.05, 4.69) is 57.6 Å². The van der Waals surface area contributed by atoms with E-state index in [1.807, 2.05) is 30.2 Å². The van der Waals surface area contributed by atoms with E-state index in [4.69, 9.17) is 0 Å². The van der Waals surface area contributed by atoms with Gasteiger partial charge in [-0.1, -0.05) is 43.7 Å². The van der Waals surface area contributed by atoms with Gasteiger partial charge in [-0.25, -0.2) is 0 Å². The van der Waals surface area contributed by atoms with Crippen LogP contribution in [0.3, 0.4) is 0 Å². The van der Waals surface area contributed by atoms with Crippen molar-refractivity contribution in [3.8, 4) is 0 Å². The van der Waals surface area contributed by atoms with Crippen molar-refractivity contribution in [1.82, 2.24) is 20.0 Å². The molecule has 0 bridgehead atoms. The average Bonchev–Trinajstić information content (AvgIpc) is 3.22. The van der Waals surface area contributed by atoms with E-state index in [0.29, 0.717) is 11.8 Å². The molecule has 1 aromatic carbocycles. The molecule has 3 rings (SSSR count). The molecule has 1 saturated heterocycles. The minimum atomic E-state index is 0.662. The molecule has 2 aromatic rings. The van der Waals surface area contributed by atoms with E-state index < -0.39 is 0 Å². The number of aliphatic imine (C=N–C) groups is 1. The van der Waals surface area contributed by atoms with Gasteiger partial charge in [0, 0.05) is 45.6 Å². The van der Waals surface area contributed by atoms with Crippen molar-refractivity contribution >= 4 is 5.96 Å². The molecule has 140 valence electrons. The highest BCUT2D eigenvalue weighted by Crippen LogP contribution is 2.34. The lowest BCUT2D eigenvalue weighted by molar-refractivity contribution is 0.215. The lowest BCUT2D eigenvalue weighted by Crippen LogP contribution is -2.48. The van der Waals surface area contributed by atoms with Gasteiger partial charge in [0.05, 0.1) is 0 Å². The van der Waals surface area contributed by atoms with Crippen LogP contribution in [0, 0.1) is 5.92 Å². The van der Waals surface area contributed by atoms with Gasteiger partial charge in [-0.05, 0) is 36.3 Å². The SMILES string of the molecule is CCC1CN(C(=NC)NCCCn2cccn2)CCC1c1ccccc1. The summed E-state index contributed by atoms with van der Waals surface area (Å²) in [5.74, 6) is 2.37. The van der Waals surface area contributed by atoms with Gasteiger partial charge in [-0.3, -0.25) is 9.67 Å². The van der Waals surface area contributed by atoms with Crippen LogP contribution in [0.1, 0.15) is 37.7 Å². The summed E-state index contributed by atoms with van der Waals surface area (Å²) >= 11 is 0. The average molecular weight is 354 g/mol. The van der Waals surface area contributed by atoms with Gasteiger partial charge in [-0.15, -0.1) is 0 Å². The van der Waals surface area contributed by atoms with E-state index in [1.165, 1.54) is 18.4 Å². The number of rotatable bonds is 6. The van der Waals surface area contributed by atoms with E-state index in [1.54, 1.807) is 0 Å². The van der Waals surface area contributed by atoms with E-state index >= 15 is 0 Å². The minimum Gasteiger partial charge on any atom is -0.356 e. The zero-order valence-corrected chi connectivity index (χ0v) is 16.0. The first kappa shape index (κ1) is 18.5. The van der Waals surface area contributed by atoms with Crippen molar-refractivity contribution in [3.05, 3.63) is 54.4 Å². The Balaban J connectivity index is 1.51. The van der Waals surface area contributed by atoms with Gasteiger partial charge < -0.3 is 10.2 Å². The van der Waals surface area contributed by atoms with Crippen LogP contribution in [0.2, 0.25) is 0 Å². The van der Waals surface area contributed by atoms with Crippen molar-refractivity contribution in [2.45, 2.75) is 38.6 Å². The summed E-state index contributed by atoms with van der Waals surface area (Å²) in [6, 6.07) is 13.0. The Morgan fingerprint density at radius 2 is 2.12 bits per heavy atom. The van der Waals surface area contributed by atoms with E-state index in [0.717, 1.165) is 38.6 Å². The first-order chi connectivity index (χ1) is 12.8. The minimum absolute atomic E-state index is 0.662. The molecule has 1 aliphatic heterocycles. The fourth-order valence-corrected chi connectivity index (χ4v) is 3.98. The zero-order valence-electron chi connectivity index (χ0n) is 16.0. The topological polar surface area (TPSA) is 45.5 Å². The van der Waals surface area contributed by atoms with Gasteiger partial charge in [0.2, 0.25) is 0 Å². The first-order valence-electron chi connectivity index (χ1n) is 9.79. The third kappa shape index (κ3) is 4.65. The van der Waals surface area contributed by atoms with Crippen LogP contribution in [-0.4, -0.2) is 47.3 Å². The second kappa shape index (κ2) is 9.41. The normalized spacial score (nSPS) is 21.0. The monoisotopic (exact) mass is 353 g/mol. The lowest BCUT2D eigenvalue weighted by atomic mass is 9.79. The van der Waals surface area contributed by atoms with Crippen LogP contribution < -0.4 is 5.32 Å². The maximum Gasteiger partial charge on any atom is 0.193 e. The second-order valence-corrected chi connectivity index (χ2v) is 7.02. The summed E-state index contributed by atoms with van der Waals surface area (Å²) in [5, 5.41) is 7.78. The molecule has 2 heterocycles. The molecule has 0 amide bonds. The molecular formula is C21H31N5. The maximum absolute atomic E-state index is 4.52. The van der Waals surface area contributed by atoms with Crippen LogP contribution in [0.4, 0.5) is 0 Å². The number of nitrogens with zero attached hydrogens (tertiary/aromatic N) is 4. The van der Waals surface area contributed by atoms with Gasteiger partial charge in [0.1, 0.15) is 0 Å². The van der Waals surface area contributed by atoms with Crippen LogP contribution in [0.5, 0.6) is 0 Å². The summed E-state index contributed by atoms with van der Waals surface area (Å²) in [4.78, 5) is 6.95. The number of nitrogens with one attached hydrogen (secondary N) is 1. The van der Waals surface area contributed by atoms with Crippen LogP contribution in [-0.2, 0) is 6.54 Å². The molecule has 0 saturated carbocycles. The van der Waals surface area contributed by atoms with Crippen molar-refractivity contribution in [1.29, 1.82) is 0 Å². The van der Waals surface area contributed by atoms with Crippen molar-refractivity contribution < 1.29 is 0 Å². The highest BCUT2D eigenvalue weighted by atomic mass is 15.3. The van der Waals surface area contributed by atoms with Crippen molar-refractivity contribution in [3.63, 3.8) is 0 Å². The Morgan fingerprint density at radius 3 is 2.81 bits per heavy atom. The lowest BCUT2D eigenvalue weighted by Gasteiger charge is -2.40. The Morgan fingerprint density at radius 1 is 1.27 bits per heavy atom. The molecule has 1 fully saturated rings. The third-order valence-electron chi connectivity index (χ3n) is 5.40. The molecule has 5 heteroatoms. The van der Waals surface area contributed by atoms with Crippen molar-refractivity contribution in [2.75, 3.05) is 26.7 Å². The predicted molar refractivity (Wildman–Crippen MR) is 107 cm³/mol. The van der Waals surface area contributed by atoms with E-state index in [9.17, 15) is 0 Å². The number of hydrogen-bond acceptors (Lipinski definition) is 2. The number of piperidine rings is 1. The molecule has 0 radical (unpaired) electrons. The van der Waals surface area contributed by atoms with Crippen LogP contribution in [0.15, 0.2) is 53.8 Å². The summed E-state index contributed by atoms with van der Waals surface area (Å²) in [6.45, 7) is 6.31. The number of hydrogen-bond donors (Lipinski definition) is 1. The number of guanidine groups is 1. The number of benzene rings is 1. The molecule has 2 atom stereocenters. The highest BCUT2D eigenvalue weighted by Gasteiger charge is 2.30. The molecular weight excluding hydrogens is 322 g/mol. The molecule has 2 unspecified atom stereocenters. The highest BCUT2D eigenvalue weighted by molar-refractivity contribution is 5.80.